The van der Waals surface area contributed by atoms with E-state index in [0.717, 1.165) is 21.9 Å². The molecule has 0 amide bonds. The summed E-state index contributed by atoms with van der Waals surface area (Å²) in [6.45, 7) is 1.91. The number of nitrogens with zero attached hydrogens (tertiary/aromatic N) is 2. The number of hydrogen-bond donors (Lipinski definition) is 1. The van der Waals surface area contributed by atoms with Crippen molar-refractivity contribution in [2.75, 3.05) is 5.75 Å². The van der Waals surface area contributed by atoms with Crippen LogP contribution in [0.1, 0.15) is 18.9 Å². The van der Waals surface area contributed by atoms with Crippen molar-refractivity contribution in [3.8, 4) is 0 Å². The van der Waals surface area contributed by atoms with Gasteiger partial charge in [-0.1, -0.05) is 42.1 Å². The maximum absolute atomic E-state index is 10.6. The quantitative estimate of drug-likeness (QED) is 0.921. The molecule has 1 heterocycles. The Morgan fingerprint density at radius 2 is 2.11 bits per heavy atom. The van der Waals surface area contributed by atoms with Gasteiger partial charge < -0.3 is 5.11 Å². The summed E-state index contributed by atoms with van der Waals surface area (Å²) in [5, 5.41) is 17.5. The largest absolute Gasteiger partial charge is 0.481 e. The van der Waals surface area contributed by atoms with Crippen LogP contribution in [-0.4, -0.2) is 27.6 Å². The Labute approximate surface area is 115 Å². The first-order chi connectivity index (χ1) is 9.15. The van der Waals surface area contributed by atoms with Gasteiger partial charge in [0, 0.05) is 6.42 Å². The van der Waals surface area contributed by atoms with Crippen LogP contribution in [0.25, 0.3) is 6.08 Å². The van der Waals surface area contributed by atoms with E-state index < -0.39 is 5.97 Å². The highest BCUT2D eigenvalue weighted by Crippen LogP contribution is 2.21. The molecule has 0 aliphatic carbocycles. The van der Waals surface area contributed by atoms with Crippen molar-refractivity contribution in [1.29, 1.82) is 0 Å². The summed E-state index contributed by atoms with van der Waals surface area (Å²) < 4.78 is 0. The molecule has 4 nitrogen and oxygen atoms in total. The van der Waals surface area contributed by atoms with Crippen LogP contribution in [-0.2, 0) is 4.79 Å². The number of thioether (sulfide) groups is 1. The molecule has 0 saturated carbocycles. The predicted molar refractivity (Wildman–Crippen MR) is 79.7 cm³/mol. The summed E-state index contributed by atoms with van der Waals surface area (Å²) in [5.41, 5.74) is 3.06. The first kappa shape index (κ1) is 13.5. The van der Waals surface area contributed by atoms with Gasteiger partial charge in [0.2, 0.25) is 0 Å². The van der Waals surface area contributed by atoms with Crippen molar-refractivity contribution in [1.82, 2.24) is 0 Å². The van der Waals surface area contributed by atoms with E-state index in [2.05, 4.69) is 16.3 Å². The molecule has 1 aliphatic rings. The lowest BCUT2D eigenvalue weighted by Crippen LogP contribution is -2.10. The molecule has 0 aromatic heterocycles. The van der Waals surface area contributed by atoms with E-state index >= 15 is 0 Å². The van der Waals surface area contributed by atoms with Crippen LogP contribution >= 0.6 is 11.8 Å². The lowest BCUT2D eigenvalue weighted by Gasteiger charge is -2.12. The fourth-order valence-electron chi connectivity index (χ4n) is 1.65. The second kappa shape index (κ2) is 6.33. The minimum atomic E-state index is -0.840. The second-order valence-corrected chi connectivity index (χ2v) is 5.17. The average Bonchev–Trinajstić information content (AvgIpc) is 2.41. The van der Waals surface area contributed by atoms with Crippen molar-refractivity contribution in [2.24, 2.45) is 10.2 Å². The molecule has 1 N–H and O–H groups in total. The third-order valence-electron chi connectivity index (χ3n) is 2.62. The Morgan fingerprint density at radius 3 is 2.79 bits per heavy atom. The molecule has 0 fully saturated rings. The van der Waals surface area contributed by atoms with Crippen LogP contribution in [0.3, 0.4) is 0 Å². The molecular weight excluding hydrogens is 260 g/mol. The van der Waals surface area contributed by atoms with Crippen LogP contribution in [0.2, 0.25) is 0 Å². The maximum Gasteiger partial charge on any atom is 0.313 e. The molecule has 1 aliphatic heterocycles. The normalized spacial score (nSPS) is 17.0. The maximum atomic E-state index is 10.6. The van der Waals surface area contributed by atoms with Gasteiger partial charge in [0.1, 0.15) is 5.04 Å². The van der Waals surface area contributed by atoms with E-state index in [1.54, 1.807) is 0 Å². The Morgan fingerprint density at radius 1 is 1.37 bits per heavy atom. The van der Waals surface area contributed by atoms with Crippen LogP contribution in [0.15, 0.2) is 46.1 Å². The van der Waals surface area contributed by atoms with E-state index in [0.29, 0.717) is 6.42 Å². The third-order valence-corrected chi connectivity index (χ3v) is 3.57. The van der Waals surface area contributed by atoms with E-state index in [1.165, 1.54) is 11.8 Å². The van der Waals surface area contributed by atoms with E-state index in [1.807, 2.05) is 37.3 Å². The number of allylic oxidation sites excluding steroid dienone is 1. The lowest BCUT2D eigenvalue weighted by molar-refractivity contribution is -0.133. The van der Waals surface area contributed by atoms with Gasteiger partial charge in [-0.3, -0.25) is 4.79 Å². The Kier molecular flexibility index (Phi) is 4.52. The van der Waals surface area contributed by atoms with Gasteiger partial charge in [-0.15, -0.1) is 5.10 Å². The molecule has 0 spiro atoms. The van der Waals surface area contributed by atoms with Crippen molar-refractivity contribution in [3.63, 3.8) is 0 Å². The number of carbonyl (C=O) groups is 1. The Hall–Kier alpha value is -1.88. The lowest BCUT2D eigenvalue weighted by atomic mass is 10.0. The Bertz CT molecular complexity index is 562. The minimum absolute atomic E-state index is 0.0199. The summed E-state index contributed by atoms with van der Waals surface area (Å²) in [6, 6.07) is 9.98. The summed E-state index contributed by atoms with van der Waals surface area (Å²) >= 11 is 1.22. The van der Waals surface area contributed by atoms with Gasteiger partial charge in [-0.25, -0.2) is 0 Å². The van der Waals surface area contributed by atoms with E-state index in [9.17, 15) is 4.79 Å². The molecule has 0 atom stereocenters. The van der Waals surface area contributed by atoms with Gasteiger partial charge in [-0.2, -0.15) is 5.10 Å². The van der Waals surface area contributed by atoms with E-state index in [4.69, 9.17) is 5.11 Å². The first-order valence-electron chi connectivity index (χ1n) is 5.87. The van der Waals surface area contributed by atoms with Crippen molar-refractivity contribution in [2.45, 2.75) is 13.3 Å². The molecule has 0 radical (unpaired) electrons. The molecule has 2 rings (SSSR count). The molecule has 5 heteroatoms. The third kappa shape index (κ3) is 4.06. The number of carboxylic acid groups (broad SMARTS) is 1. The first-order valence-corrected chi connectivity index (χ1v) is 6.85. The summed E-state index contributed by atoms with van der Waals surface area (Å²) in [6.07, 6.45) is 2.71. The molecule has 1 aromatic rings. The minimum Gasteiger partial charge on any atom is -0.481 e. The highest BCUT2D eigenvalue weighted by atomic mass is 32.2. The van der Waals surface area contributed by atoms with Gasteiger partial charge in [-0.05, 0) is 24.1 Å². The van der Waals surface area contributed by atoms with Crippen LogP contribution in [0, 0.1) is 0 Å². The van der Waals surface area contributed by atoms with Gasteiger partial charge in [0.05, 0.1) is 11.5 Å². The van der Waals surface area contributed by atoms with Crippen LogP contribution in [0.4, 0.5) is 0 Å². The van der Waals surface area contributed by atoms with Crippen molar-refractivity contribution in [3.05, 3.63) is 41.5 Å². The van der Waals surface area contributed by atoms with E-state index in [-0.39, 0.29) is 5.75 Å². The summed E-state index contributed by atoms with van der Waals surface area (Å²) in [7, 11) is 0. The van der Waals surface area contributed by atoms with Crippen molar-refractivity contribution < 1.29 is 9.90 Å². The van der Waals surface area contributed by atoms with Gasteiger partial charge in [0.25, 0.3) is 0 Å². The van der Waals surface area contributed by atoms with Crippen LogP contribution < -0.4 is 0 Å². The topological polar surface area (TPSA) is 62.0 Å². The number of hydrogen-bond acceptors (Lipinski definition) is 4. The second-order valence-electron chi connectivity index (χ2n) is 4.12. The standard InChI is InChI=1S/C14H14N2O2S/c1-10-12(7-11-5-3-2-4-6-11)8-13(16-15-10)19-9-14(17)18/h2-7H,8-9H2,1H3,(H,17,18)/b12-7+. The number of rotatable bonds is 3. The zero-order valence-electron chi connectivity index (χ0n) is 10.5. The zero-order valence-corrected chi connectivity index (χ0v) is 11.4. The Balaban J connectivity index is 2.12. The highest BCUT2D eigenvalue weighted by molar-refractivity contribution is 8.14. The fourth-order valence-corrected chi connectivity index (χ4v) is 2.30. The monoisotopic (exact) mass is 274 g/mol. The predicted octanol–water partition coefficient (Wildman–Crippen LogP) is 3.07. The van der Waals surface area contributed by atoms with Gasteiger partial charge in [0.15, 0.2) is 0 Å². The van der Waals surface area contributed by atoms with Crippen molar-refractivity contribution >= 4 is 34.6 Å². The molecule has 0 saturated heterocycles. The molecule has 0 bridgehead atoms. The number of aliphatic carboxylic acids is 1. The molecule has 1 aromatic carbocycles. The molecule has 19 heavy (non-hydrogen) atoms. The zero-order chi connectivity index (χ0) is 13.7. The highest BCUT2D eigenvalue weighted by Gasteiger charge is 2.14. The summed E-state index contributed by atoms with van der Waals surface area (Å²) in [5.74, 6) is -0.820. The fraction of sp³-hybridized carbons (Fsp3) is 0.214. The SMILES string of the molecule is CC1=NN=C(SCC(=O)O)C/C1=C\c1ccccc1. The van der Waals surface area contributed by atoms with Gasteiger partial charge >= 0.3 is 5.97 Å². The molecule has 0 unspecified atom stereocenters. The molecule has 98 valence electrons. The average molecular weight is 274 g/mol. The number of carboxylic acids is 1. The van der Waals surface area contributed by atoms with Crippen LogP contribution in [0.5, 0.6) is 0 Å². The number of benzene rings is 1. The summed E-state index contributed by atoms with van der Waals surface area (Å²) in [4.78, 5) is 10.6. The smallest absolute Gasteiger partial charge is 0.313 e. The molecular formula is C14H14N2O2S.